The molecule has 1 fully saturated rings. The zero-order valence-corrected chi connectivity index (χ0v) is 10.9. The molecule has 1 aromatic rings. The highest BCUT2D eigenvalue weighted by Gasteiger charge is 2.22. The molecular weight excluding hydrogens is 236 g/mol. The predicted molar refractivity (Wildman–Crippen MR) is 71.8 cm³/mol. The van der Waals surface area contributed by atoms with Crippen molar-refractivity contribution in [3.63, 3.8) is 0 Å². The second-order valence-corrected chi connectivity index (χ2v) is 4.88. The van der Waals surface area contributed by atoms with Gasteiger partial charge in [-0.05, 0) is 37.1 Å². The summed E-state index contributed by atoms with van der Waals surface area (Å²) < 4.78 is 5.43. The molecule has 0 bridgehead atoms. The van der Waals surface area contributed by atoms with Gasteiger partial charge in [0.05, 0.1) is 12.6 Å². The molecule has 0 spiro atoms. The van der Waals surface area contributed by atoms with Crippen LogP contribution in [0.4, 0.5) is 5.69 Å². The van der Waals surface area contributed by atoms with E-state index in [1.54, 1.807) is 0 Å². The van der Waals surface area contributed by atoms with Crippen LogP contribution in [0.15, 0.2) is 18.2 Å². The average molecular weight is 255 g/mol. The van der Waals surface area contributed by atoms with Gasteiger partial charge in [-0.2, -0.15) is 0 Å². The number of anilines is 1. The van der Waals surface area contributed by atoms with E-state index in [2.05, 4.69) is 18.0 Å². The summed E-state index contributed by atoms with van der Waals surface area (Å²) in [5.41, 5.74) is 8.08. The standard InChI is InChI=1S/C13H19ClN2O/c1-16(12-5-7-17-9-12)13-8-11(14)3-2-10(13)4-6-15/h2-3,8,12H,4-7,9,15H2,1H3. The van der Waals surface area contributed by atoms with Crippen LogP contribution in [-0.2, 0) is 11.2 Å². The fourth-order valence-electron chi connectivity index (χ4n) is 2.26. The first-order valence-electron chi connectivity index (χ1n) is 6.01. The maximum atomic E-state index is 6.08. The molecule has 0 amide bonds. The lowest BCUT2D eigenvalue weighted by Crippen LogP contribution is -2.32. The number of hydrogen-bond donors (Lipinski definition) is 1. The quantitative estimate of drug-likeness (QED) is 0.894. The molecule has 0 aromatic heterocycles. The lowest BCUT2D eigenvalue weighted by atomic mass is 10.1. The third-order valence-electron chi connectivity index (χ3n) is 3.29. The van der Waals surface area contributed by atoms with E-state index >= 15 is 0 Å². The molecule has 1 aliphatic heterocycles. The number of benzene rings is 1. The first kappa shape index (κ1) is 12.7. The number of hydrogen-bond acceptors (Lipinski definition) is 3. The molecule has 0 saturated carbocycles. The molecule has 17 heavy (non-hydrogen) atoms. The molecular formula is C13H19ClN2O. The molecule has 3 nitrogen and oxygen atoms in total. The van der Waals surface area contributed by atoms with Crippen LogP contribution < -0.4 is 10.6 Å². The Morgan fingerprint density at radius 2 is 2.35 bits per heavy atom. The van der Waals surface area contributed by atoms with Crippen molar-refractivity contribution in [2.45, 2.75) is 18.9 Å². The van der Waals surface area contributed by atoms with Crippen molar-refractivity contribution >= 4 is 17.3 Å². The Kier molecular flexibility index (Phi) is 4.26. The summed E-state index contributed by atoms with van der Waals surface area (Å²) in [6, 6.07) is 6.46. The lowest BCUT2D eigenvalue weighted by Gasteiger charge is -2.28. The number of halogens is 1. The molecule has 2 N–H and O–H groups in total. The highest BCUT2D eigenvalue weighted by molar-refractivity contribution is 6.30. The molecule has 0 radical (unpaired) electrons. The van der Waals surface area contributed by atoms with Crippen LogP contribution in [0.25, 0.3) is 0 Å². The minimum absolute atomic E-state index is 0.449. The van der Waals surface area contributed by atoms with Crippen LogP contribution >= 0.6 is 11.6 Å². The Morgan fingerprint density at radius 1 is 1.53 bits per heavy atom. The van der Waals surface area contributed by atoms with E-state index in [0.717, 1.165) is 31.1 Å². The van der Waals surface area contributed by atoms with Crippen LogP contribution in [0.5, 0.6) is 0 Å². The summed E-state index contributed by atoms with van der Waals surface area (Å²) in [7, 11) is 2.10. The van der Waals surface area contributed by atoms with Crippen molar-refractivity contribution in [3.05, 3.63) is 28.8 Å². The first-order chi connectivity index (χ1) is 8.22. The highest BCUT2D eigenvalue weighted by atomic mass is 35.5. The summed E-state index contributed by atoms with van der Waals surface area (Å²) >= 11 is 6.08. The van der Waals surface area contributed by atoms with Gasteiger partial charge in [0.25, 0.3) is 0 Å². The van der Waals surface area contributed by atoms with Gasteiger partial charge < -0.3 is 15.4 Å². The number of rotatable bonds is 4. The lowest BCUT2D eigenvalue weighted by molar-refractivity contribution is 0.193. The average Bonchev–Trinajstić information content (AvgIpc) is 2.84. The summed E-state index contributed by atoms with van der Waals surface area (Å²) in [5, 5.41) is 0.770. The molecule has 1 unspecified atom stereocenters. The van der Waals surface area contributed by atoms with Crippen molar-refractivity contribution in [1.29, 1.82) is 0 Å². The fraction of sp³-hybridized carbons (Fsp3) is 0.538. The third kappa shape index (κ3) is 2.92. The molecule has 0 aliphatic carbocycles. The van der Waals surface area contributed by atoms with Gasteiger partial charge in [0, 0.05) is 24.4 Å². The van der Waals surface area contributed by atoms with Crippen molar-refractivity contribution < 1.29 is 4.74 Å². The minimum Gasteiger partial charge on any atom is -0.379 e. The predicted octanol–water partition coefficient (Wildman–Crippen LogP) is 2.07. The van der Waals surface area contributed by atoms with Crippen LogP contribution in [0, 0.1) is 0 Å². The summed E-state index contributed by atoms with van der Waals surface area (Å²) in [4.78, 5) is 2.27. The number of ether oxygens (including phenoxy) is 1. The Hall–Kier alpha value is -0.770. The van der Waals surface area contributed by atoms with E-state index in [1.807, 2.05) is 12.1 Å². The van der Waals surface area contributed by atoms with Crippen LogP contribution in [0.1, 0.15) is 12.0 Å². The molecule has 2 rings (SSSR count). The zero-order chi connectivity index (χ0) is 12.3. The molecule has 1 saturated heterocycles. The molecule has 1 aliphatic rings. The maximum absolute atomic E-state index is 6.08. The Morgan fingerprint density at radius 3 is 3.00 bits per heavy atom. The first-order valence-corrected chi connectivity index (χ1v) is 6.39. The van der Waals surface area contributed by atoms with E-state index in [1.165, 1.54) is 11.3 Å². The largest absolute Gasteiger partial charge is 0.379 e. The minimum atomic E-state index is 0.449. The van der Waals surface area contributed by atoms with Gasteiger partial charge in [-0.15, -0.1) is 0 Å². The van der Waals surface area contributed by atoms with Crippen molar-refractivity contribution in [1.82, 2.24) is 0 Å². The van der Waals surface area contributed by atoms with Crippen molar-refractivity contribution in [3.8, 4) is 0 Å². The molecule has 4 heteroatoms. The summed E-state index contributed by atoms with van der Waals surface area (Å²) in [6.45, 7) is 2.30. The van der Waals surface area contributed by atoms with E-state index in [0.29, 0.717) is 12.6 Å². The number of nitrogens with two attached hydrogens (primary N) is 1. The van der Waals surface area contributed by atoms with Crippen LogP contribution in [-0.4, -0.2) is 32.8 Å². The summed E-state index contributed by atoms with van der Waals surface area (Å²) in [5.74, 6) is 0. The van der Waals surface area contributed by atoms with Crippen molar-refractivity contribution in [2.75, 3.05) is 31.7 Å². The second kappa shape index (κ2) is 5.71. The monoisotopic (exact) mass is 254 g/mol. The number of likely N-dealkylation sites (N-methyl/N-ethyl adjacent to an activating group) is 1. The summed E-state index contributed by atoms with van der Waals surface area (Å²) in [6.07, 6.45) is 1.95. The van der Waals surface area contributed by atoms with E-state index in [9.17, 15) is 0 Å². The topological polar surface area (TPSA) is 38.5 Å². The molecule has 1 heterocycles. The van der Waals surface area contributed by atoms with Gasteiger partial charge in [0.1, 0.15) is 0 Å². The van der Waals surface area contributed by atoms with Crippen LogP contribution in [0.3, 0.4) is 0 Å². The van der Waals surface area contributed by atoms with Crippen LogP contribution in [0.2, 0.25) is 5.02 Å². The van der Waals surface area contributed by atoms with Gasteiger partial charge in [-0.25, -0.2) is 0 Å². The molecule has 1 aromatic carbocycles. The number of nitrogens with zero attached hydrogens (tertiary/aromatic N) is 1. The highest BCUT2D eigenvalue weighted by Crippen LogP contribution is 2.27. The van der Waals surface area contributed by atoms with E-state index in [-0.39, 0.29) is 0 Å². The normalized spacial score (nSPS) is 19.6. The molecule has 94 valence electrons. The third-order valence-corrected chi connectivity index (χ3v) is 3.53. The smallest absolute Gasteiger partial charge is 0.0670 e. The maximum Gasteiger partial charge on any atom is 0.0670 e. The van der Waals surface area contributed by atoms with Gasteiger partial charge in [0.15, 0.2) is 0 Å². The Bertz CT molecular complexity index is 378. The second-order valence-electron chi connectivity index (χ2n) is 4.44. The molecule has 1 atom stereocenters. The van der Waals surface area contributed by atoms with Crippen molar-refractivity contribution in [2.24, 2.45) is 5.73 Å². The zero-order valence-electron chi connectivity index (χ0n) is 10.2. The fourth-order valence-corrected chi connectivity index (χ4v) is 2.42. The Balaban J connectivity index is 2.24. The van der Waals surface area contributed by atoms with E-state index in [4.69, 9.17) is 22.1 Å². The van der Waals surface area contributed by atoms with Gasteiger partial charge in [-0.3, -0.25) is 0 Å². The van der Waals surface area contributed by atoms with E-state index < -0.39 is 0 Å². The Labute approximate surface area is 107 Å². The van der Waals surface area contributed by atoms with Gasteiger partial charge in [0.2, 0.25) is 0 Å². The SMILES string of the molecule is CN(c1cc(Cl)ccc1CCN)C1CCOC1. The van der Waals surface area contributed by atoms with Gasteiger partial charge in [-0.1, -0.05) is 17.7 Å². The van der Waals surface area contributed by atoms with Gasteiger partial charge >= 0.3 is 0 Å².